The summed E-state index contributed by atoms with van der Waals surface area (Å²) in [6.45, 7) is 1.89. The number of hydrogen-bond acceptors (Lipinski definition) is 3. The molecule has 1 aromatic heterocycles. The fraction of sp³-hybridized carbons (Fsp3) is 0.0714. The number of nitrogens with zero attached hydrogens (tertiary/aromatic N) is 1. The van der Waals surface area contributed by atoms with Crippen molar-refractivity contribution in [1.29, 1.82) is 0 Å². The number of hydrogen-bond donors (Lipinski definition) is 2. The van der Waals surface area contributed by atoms with Crippen LogP contribution < -0.4 is 11.1 Å². The molecule has 0 radical (unpaired) electrons. The van der Waals surface area contributed by atoms with E-state index in [1.165, 1.54) is 0 Å². The lowest BCUT2D eigenvalue weighted by Gasteiger charge is -2.06. The first-order valence-electron chi connectivity index (χ1n) is 5.70. The lowest BCUT2D eigenvalue weighted by atomic mass is 10.1. The first-order valence-corrected chi connectivity index (χ1v) is 6.11. The van der Waals surface area contributed by atoms with E-state index in [1.807, 2.05) is 19.1 Å². The highest BCUT2D eigenvalue weighted by Gasteiger charge is 2.06. The van der Waals surface area contributed by atoms with Crippen LogP contribution in [0, 0.1) is 6.92 Å². The first-order chi connectivity index (χ1) is 9.06. The second-order valence-electron chi connectivity index (χ2n) is 4.08. The van der Waals surface area contributed by atoms with Gasteiger partial charge in [0.1, 0.15) is 4.99 Å². The second-order valence-corrected chi connectivity index (χ2v) is 4.52. The van der Waals surface area contributed by atoms with Crippen LogP contribution in [0.25, 0.3) is 0 Å². The number of benzene rings is 1. The van der Waals surface area contributed by atoms with Crippen molar-refractivity contribution in [3.8, 4) is 0 Å². The maximum absolute atomic E-state index is 12.0. The van der Waals surface area contributed by atoms with E-state index < -0.39 is 0 Å². The summed E-state index contributed by atoms with van der Waals surface area (Å²) in [5.41, 5.74) is 8.34. The Morgan fingerprint density at radius 2 is 1.79 bits per heavy atom. The van der Waals surface area contributed by atoms with Crippen molar-refractivity contribution >= 4 is 28.8 Å². The van der Waals surface area contributed by atoms with E-state index in [9.17, 15) is 4.79 Å². The Bertz CT molecular complexity index is 606. The molecule has 0 fully saturated rings. The van der Waals surface area contributed by atoms with Crippen molar-refractivity contribution in [1.82, 2.24) is 4.98 Å². The lowest BCUT2D eigenvalue weighted by molar-refractivity contribution is 0.102. The summed E-state index contributed by atoms with van der Waals surface area (Å²) in [6.07, 6.45) is 1.62. The standard InChI is InChI=1S/C14H13N3OS/c1-9-2-7-12(8-16-9)17-14(18)11-5-3-10(4-6-11)13(15)19/h2-8H,1H3,(H2,15,19)(H,17,18). The van der Waals surface area contributed by atoms with Gasteiger partial charge in [-0.15, -0.1) is 0 Å². The van der Waals surface area contributed by atoms with Gasteiger partial charge in [-0.3, -0.25) is 9.78 Å². The van der Waals surface area contributed by atoms with Crippen LogP contribution in [-0.2, 0) is 0 Å². The van der Waals surface area contributed by atoms with Gasteiger partial charge in [0.15, 0.2) is 0 Å². The van der Waals surface area contributed by atoms with Crippen molar-refractivity contribution in [3.05, 3.63) is 59.4 Å². The molecule has 0 unspecified atom stereocenters. The minimum absolute atomic E-state index is 0.194. The number of nitrogens with one attached hydrogen (secondary N) is 1. The summed E-state index contributed by atoms with van der Waals surface area (Å²) in [7, 11) is 0. The molecule has 2 rings (SSSR count). The van der Waals surface area contributed by atoms with E-state index in [1.54, 1.807) is 30.5 Å². The Kier molecular flexibility index (Phi) is 3.87. The summed E-state index contributed by atoms with van der Waals surface area (Å²) in [5.74, 6) is -0.194. The number of anilines is 1. The molecular formula is C14H13N3OS. The highest BCUT2D eigenvalue weighted by atomic mass is 32.1. The number of carbonyl (C=O) groups is 1. The fourth-order valence-electron chi connectivity index (χ4n) is 1.53. The Morgan fingerprint density at radius 1 is 1.16 bits per heavy atom. The van der Waals surface area contributed by atoms with E-state index in [0.29, 0.717) is 16.2 Å². The van der Waals surface area contributed by atoms with Crippen LogP contribution in [0.1, 0.15) is 21.6 Å². The van der Waals surface area contributed by atoms with E-state index in [4.69, 9.17) is 18.0 Å². The summed E-state index contributed by atoms with van der Waals surface area (Å²) in [6, 6.07) is 10.5. The van der Waals surface area contributed by atoms with E-state index in [2.05, 4.69) is 10.3 Å². The number of pyridine rings is 1. The minimum Gasteiger partial charge on any atom is -0.389 e. The number of aromatic nitrogens is 1. The van der Waals surface area contributed by atoms with E-state index in [0.717, 1.165) is 11.3 Å². The molecule has 0 saturated heterocycles. The minimum atomic E-state index is -0.194. The van der Waals surface area contributed by atoms with Gasteiger partial charge >= 0.3 is 0 Å². The average Bonchev–Trinajstić information content (AvgIpc) is 2.41. The Labute approximate surface area is 116 Å². The van der Waals surface area contributed by atoms with Crippen LogP contribution in [0.15, 0.2) is 42.6 Å². The summed E-state index contributed by atoms with van der Waals surface area (Å²) in [5, 5.41) is 2.77. The smallest absolute Gasteiger partial charge is 0.255 e. The predicted octanol–water partition coefficient (Wildman–Crippen LogP) is 2.28. The third-order valence-corrected chi connectivity index (χ3v) is 2.84. The molecule has 96 valence electrons. The molecule has 0 aliphatic rings. The number of amides is 1. The van der Waals surface area contributed by atoms with Crippen LogP contribution in [0.2, 0.25) is 0 Å². The second kappa shape index (κ2) is 5.58. The molecule has 0 atom stereocenters. The molecule has 0 aliphatic carbocycles. The lowest BCUT2D eigenvalue weighted by Crippen LogP contribution is -2.13. The molecular weight excluding hydrogens is 258 g/mol. The number of aryl methyl sites for hydroxylation is 1. The molecule has 19 heavy (non-hydrogen) atoms. The van der Waals surface area contributed by atoms with Gasteiger partial charge in [0.05, 0.1) is 11.9 Å². The zero-order chi connectivity index (χ0) is 13.8. The van der Waals surface area contributed by atoms with Crippen LogP contribution in [-0.4, -0.2) is 15.9 Å². The van der Waals surface area contributed by atoms with Crippen LogP contribution in [0.5, 0.6) is 0 Å². The number of nitrogens with two attached hydrogens (primary N) is 1. The highest BCUT2D eigenvalue weighted by molar-refractivity contribution is 7.80. The summed E-state index contributed by atoms with van der Waals surface area (Å²) >= 11 is 4.86. The molecule has 0 spiro atoms. The normalized spacial score (nSPS) is 9.95. The number of carbonyl (C=O) groups excluding carboxylic acids is 1. The van der Waals surface area contributed by atoms with E-state index >= 15 is 0 Å². The summed E-state index contributed by atoms with van der Waals surface area (Å²) in [4.78, 5) is 16.4. The zero-order valence-corrected chi connectivity index (χ0v) is 11.2. The van der Waals surface area contributed by atoms with Gasteiger partial charge in [0, 0.05) is 16.8 Å². The largest absolute Gasteiger partial charge is 0.389 e. The van der Waals surface area contributed by atoms with Gasteiger partial charge in [-0.25, -0.2) is 0 Å². The molecule has 1 aromatic carbocycles. The molecule has 1 heterocycles. The third kappa shape index (κ3) is 3.35. The first kappa shape index (κ1) is 13.2. The maximum Gasteiger partial charge on any atom is 0.255 e. The molecule has 3 N–H and O–H groups in total. The van der Waals surface area contributed by atoms with Gasteiger partial charge in [0.25, 0.3) is 5.91 Å². The van der Waals surface area contributed by atoms with Gasteiger partial charge in [-0.1, -0.05) is 24.4 Å². The van der Waals surface area contributed by atoms with Crippen molar-refractivity contribution in [3.63, 3.8) is 0 Å². The van der Waals surface area contributed by atoms with Crippen LogP contribution >= 0.6 is 12.2 Å². The zero-order valence-electron chi connectivity index (χ0n) is 10.4. The highest BCUT2D eigenvalue weighted by Crippen LogP contribution is 2.10. The SMILES string of the molecule is Cc1ccc(NC(=O)c2ccc(C(N)=S)cc2)cn1. The van der Waals surface area contributed by atoms with Gasteiger partial charge in [0.2, 0.25) is 0 Å². The predicted molar refractivity (Wildman–Crippen MR) is 79.3 cm³/mol. The van der Waals surface area contributed by atoms with E-state index in [-0.39, 0.29) is 5.91 Å². The average molecular weight is 271 g/mol. The molecule has 0 bridgehead atoms. The molecule has 0 aliphatic heterocycles. The Hall–Kier alpha value is -2.27. The van der Waals surface area contributed by atoms with Crippen molar-refractivity contribution in [2.45, 2.75) is 6.92 Å². The Morgan fingerprint density at radius 3 is 2.32 bits per heavy atom. The molecule has 4 nitrogen and oxygen atoms in total. The van der Waals surface area contributed by atoms with Gasteiger partial charge in [-0.2, -0.15) is 0 Å². The van der Waals surface area contributed by atoms with Gasteiger partial charge < -0.3 is 11.1 Å². The molecule has 5 heteroatoms. The third-order valence-electron chi connectivity index (χ3n) is 2.60. The molecule has 0 saturated carbocycles. The fourth-order valence-corrected chi connectivity index (χ4v) is 1.67. The van der Waals surface area contributed by atoms with Crippen LogP contribution in [0.4, 0.5) is 5.69 Å². The Balaban J connectivity index is 2.11. The van der Waals surface area contributed by atoms with Crippen molar-refractivity contribution in [2.24, 2.45) is 5.73 Å². The van der Waals surface area contributed by atoms with Crippen molar-refractivity contribution in [2.75, 3.05) is 5.32 Å². The maximum atomic E-state index is 12.0. The monoisotopic (exact) mass is 271 g/mol. The molecule has 2 aromatic rings. The van der Waals surface area contributed by atoms with Crippen molar-refractivity contribution < 1.29 is 4.79 Å². The van der Waals surface area contributed by atoms with Crippen LogP contribution in [0.3, 0.4) is 0 Å². The van der Waals surface area contributed by atoms with Gasteiger partial charge in [-0.05, 0) is 31.2 Å². The quantitative estimate of drug-likeness (QED) is 0.840. The number of thiocarbonyl (C=S) groups is 1. The topological polar surface area (TPSA) is 68.0 Å². The molecule has 1 amide bonds. The summed E-state index contributed by atoms with van der Waals surface area (Å²) < 4.78 is 0. The number of rotatable bonds is 3.